The number of rotatable bonds is 0. The molecule has 5 nitrogen and oxygen atoms in total. The molecule has 0 atom stereocenters. The molecule has 0 radical (unpaired) electrons. The second kappa shape index (κ2) is 23.2. The van der Waals surface area contributed by atoms with Crippen LogP contribution in [0.1, 0.15) is 13.8 Å². The van der Waals surface area contributed by atoms with E-state index < -0.39 is 7.32 Å². The van der Waals surface area contributed by atoms with E-state index in [1.807, 2.05) is 0 Å². The fourth-order valence-electron chi connectivity index (χ4n) is 0. The van der Waals surface area contributed by atoms with Crippen molar-refractivity contribution in [2.75, 3.05) is 13.2 Å². The van der Waals surface area contributed by atoms with Crippen LogP contribution in [-0.4, -0.2) is 45.8 Å². The highest BCUT2D eigenvalue weighted by molar-refractivity contribution is 6.30. The van der Waals surface area contributed by atoms with Crippen molar-refractivity contribution < 1.29 is 25.3 Å². The molecule has 0 amide bonds. The topological polar surface area (TPSA) is 101 Å². The average molecular weight is 154 g/mol. The number of hydrogen-bond acceptors (Lipinski definition) is 5. The zero-order chi connectivity index (χ0) is 8.99. The van der Waals surface area contributed by atoms with Crippen LogP contribution in [-0.2, 0) is 0 Å². The lowest BCUT2D eigenvalue weighted by atomic mass is 10.3. The summed E-state index contributed by atoms with van der Waals surface area (Å²) in [6.07, 6.45) is 0. The van der Waals surface area contributed by atoms with Crippen LogP contribution in [0.25, 0.3) is 0 Å². The van der Waals surface area contributed by atoms with Crippen LogP contribution in [0.15, 0.2) is 0 Å². The molecule has 5 N–H and O–H groups in total. The summed E-state index contributed by atoms with van der Waals surface area (Å²) >= 11 is 0. The molecule has 0 aliphatic heterocycles. The Kier molecular flexibility index (Phi) is 38.1. The van der Waals surface area contributed by atoms with E-state index in [0.29, 0.717) is 0 Å². The van der Waals surface area contributed by atoms with Gasteiger partial charge in [-0.2, -0.15) is 0 Å². The van der Waals surface area contributed by atoms with E-state index in [-0.39, 0.29) is 13.2 Å². The van der Waals surface area contributed by atoms with Crippen molar-refractivity contribution in [1.82, 2.24) is 0 Å². The third-order valence-corrected chi connectivity index (χ3v) is 0. The van der Waals surface area contributed by atoms with Gasteiger partial charge in [0.15, 0.2) is 0 Å². The highest BCUT2D eigenvalue weighted by Gasteiger charge is 1.92. The Balaban J connectivity index is -0.0000000750. The number of aliphatic hydroxyl groups excluding tert-OH is 2. The maximum Gasteiger partial charge on any atom is 0.631 e. The molecule has 0 saturated carbocycles. The first-order chi connectivity index (χ1) is 4.56. The molecule has 0 aliphatic rings. The minimum atomic E-state index is -2.17. The summed E-state index contributed by atoms with van der Waals surface area (Å²) in [6.45, 7) is 3.86. The first-order valence-electron chi connectivity index (χ1n) is 2.82. The molecule has 0 bridgehead atoms. The zero-order valence-electron chi connectivity index (χ0n) is 6.23. The molecule has 0 unspecified atom stereocenters. The van der Waals surface area contributed by atoms with Gasteiger partial charge >= 0.3 is 7.32 Å². The molecule has 0 spiro atoms. The van der Waals surface area contributed by atoms with Crippen molar-refractivity contribution in [2.24, 2.45) is 0 Å². The Morgan fingerprint density at radius 3 is 0.900 bits per heavy atom. The van der Waals surface area contributed by atoms with E-state index in [1.54, 1.807) is 13.8 Å². The second-order valence-corrected chi connectivity index (χ2v) is 0.979. The maximum absolute atomic E-state index is 7.57. The fourth-order valence-corrected chi connectivity index (χ4v) is 0. The minimum Gasteiger partial charge on any atom is -0.402 e. The quantitative estimate of drug-likeness (QED) is 0.258. The molecular formula is C4H15BO5. The molecule has 0 aromatic carbocycles. The number of aliphatic hydroxyl groups is 2. The SMILES string of the molecule is CCO.CCO.OB(O)O. The molecular weight excluding hydrogens is 139 g/mol. The summed E-state index contributed by atoms with van der Waals surface area (Å²) in [4.78, 5) is 0. The molecule has 0 fully saturated rings. The molecule has 6 heteroatoms. The van der Waals surface area contributed by atoms with Crippen LogP contribution in [0.3, 0.4) is 0 Å². The van der Waals surface area contributed by atoms with Crippen LogP contribution >= 0.6 is 0 Å². The van der Waals surface area contributed by atoms with Crippen LogP contribution in [0, 0.1) is 0 Å². The predicted octanol–water partition coefficient (Wildman–Crippen LogP) is -2.05. The van der Waals surface area contributed by atoms with Gasteiger partial charge in [-0.05, 0) is 13.8 Å². The first kappa shape index (κ1) is 16.5. The molecule has 0 aromatic heterocycles. The summed E-state index contributed by atoms with van der Waals surface area (Å²) in [7, 11) is -2.17. The molecule has 64 valence electrons. The van der Waals surface area contributed by atoms with E-state index in [1.165, 1.54) is 0 Å². The molecule has 0 rings (SSSR count). The molecule has 0 saturated heterocycles. The van der Waals surface area contributed by atoms with Crippen LogP contribution in [0.4, 0.5) is 0 Å². The summed E-state index contributed by atoms with van der Waals surface area (Å²) in [5.41, 5.74) is 0. The van der Waals surface area contributed by atoms with Crippen molar-refractivity contribution in [1.29, 1.82) is 0 Å². The van der Waals surface area contributed by atoms with Gasteiger partial charge in [-0.25, -0.2) is 0 Å². The lowest BCUT2D eigenvalue weighted by Gasteiger charge is -1.69. The third-order valence-electron chi connectivity index (χ3n) is 0. The highest BCUT2D eigenvalue weighted by Crippen LogP contribution is 1.40. The van der Waals surface area contributed by atoms with Crippen LogP contribution in [0.5, 0.6) is 0 Å². The molecule has 10 heavy (non-hydrogen) atoms. The van der Waals surface area contributed by atoms with Crippen molar-refractivity contribution in [3.63, 3.8) is 0 Å². The summed E-state index contributed by atoms with van der Waals surface area (Å²) < 4.78 is 0. The van der Waals surface area contributed by atoms with E-state index in [9.17, 15) is 0 Å². The normalized spacial score (nSPS) is 6.30. The third kappa shape index (κ3) is 20300. The maximum atomic E-state index is 7.57. The van der Waals surface area contributed by atoms with Gasteiger partial charge in [0.25, 0.3) is 0 Å². The van der Waals surface area contributed by atoms with E-state index in [0.717, 1.165) is 0 Å². The Labute approximate surface area is 60.7 Å². The molecule has 0 aliphatic carbocycles. The van der Waals surface area contributed by atoms with E-state index in [4.69, 9.17) is 25.3 Å². The molecule has 0 aromatic rings. The standard InChI is InChI=1S/2C2H6O.BH3O3/c2*1-2-3;2-1(3)4/h2*3H,2H2,1H3;2-4H. The fraction of sp³-hybridized carbons (Fsp3) is 1.00. The lowest BCUT2D eigenvalue weighted by Crippen LogP contribution is -2.07. The Hall–Kier alpha value is -0.135. The summed E-state index contributed by atoms with van der Waals surface area (Å²) in [5.74, 6) is 0. The largest absolute Gasteiger partial charge is 0.631 e. The van der Waals surface area contributed by atoms with Gasteiger partial charge in [0.1, 0.15) is 0 Å². The Morgan fingerprint density at radius 1 is 0.900 bits per heavy atom. The summed E-state index contributed by atoms with van der Waals surface area (Å²) in [6, 6.07) is 0. The number of hydrogen-bond donors (Lipinski definition) is 5. The van der Waals surface area contributed by atoms with E-state index in [2.05, 4.69) is 0 Å². The zero-order valence-corrected chi connectivity index (χ0v) is 6.23. The average Bonchev–Trinajstić information content (AvgIpc) is 1.65. The van der Waals surface area contributed by atoms with Crippen molar-refractivity contribution in [3.8, 4) is 0 Å². The Bertz CT molecular complexity index is 30.1. The van der Waals surface area contributed by atoms with Gasteiger partial charge in [-0.15, -0.1) is 0 Å². The van der Waals surface area contributed by atoms with Crippen LogP contribution < -0.4 is 0 Å². The predicted molar refractivity (Wildman–Crippen MR) is 37.9 cm³/mol. The first-order valence-corrected chi connectivity index (χ1v) is 2.82. The highest BCUT2D eigenvalue weighted by atomic mass is 16.5. The summed E-state index contributed by atoms with van der Waals surface area (Å²) in [5, 5.41) is 36.6. The van der Waals surface area contributed by atoms with Crippen molar-refractivity contribution in [2.45, 2.75) is 13.8 Å². The Morgan fingerprint density at radius 2 is 0.900 bits per heavy atom. The minimum absolute atomic E-state index is 0.250. The van der Waals surface area contributed by atoms with Gasteiger partial charge in [0.2, 0.25) is 0 Å². The van der Waals surface area contributed by atoms with Gasteiger partial charge in [-0.1, -0.05) is 0 Å². The van der Waals surface area contributed by atoms with Gasteiger partial charge < -0.3 is 25.3 Å². The van der Waals surface area contributed by atoms with Crippen molar-refractivity contribution in [3.05, 3.63) is 0 Å². The van der Waals surface area contributed by atoms with Crippen LogP contribution in [0.2, 0.25) is 0 Å². The van der Waals surface area contributed by atoms with Crippen molar-refractivity contribution >= 4 is 7.32 Å². The van der Waals surface area contributed by atoms with E-state index >= 15 is 0 Å². The monoisotopic (exact) mass is 154 g/mol. The van der Waals surface area contributed by atoms with Gasteiger partial charge in [0.05, 0.1) is 0 Å². The molecule has 0 heterocycles. The van der Waals surface area contributed by atoms with Gasteiger partial charge in [0, 0.05) is 13.2 Å². The second-order valence-electron chi connectivity index (χ2n) is 0.979. The smallest absolute Gasteiger partial charge is 0.402 e. The lowest BCUT2D eigenvalue weighted by molar-refractivity contribution is 0.278. The van der Waals surface area contributed by atoms with Gasteiger partial charge in [-0.3, -0.25) is 0 Å².